The van der Waals surface area contributed by atoms with Gasteiger partial charge in [0, 0.05) is 19.6 Å². The highest BCUT2D eigenvalue weighted by molar-refractivity contribution is 7.88. The van der Waals surface area contributed by atoms with E-state index in [1.807, 2.05) is 0 Å². The lowest BCUT2D eigenvalue weighted by molar-refractivity contribution is -0.134. The van der Waals surface area contributed by atoms with Crippen LogP contribution in [0.1, 0.15) is 6.42 Å². The Labute approximate surface area is 108 Å². The maximum Gasteiger partial charge on any atom is 0.236 e. The summed E-state index contributed by atoms with van der Waals surface area (Å²) in [6, 6.07) is 0. The van der Waals surface area contributed by atoms with E-state index in [9.17, 15) is 13.2 Å². The first-order valence-electron chi connectivity index (χ1n) is 6.00. The van der Waals surface area contributed by atoms with Gasteiger partial charge >= 0.3 is 0 Å². The van der Waals surface area contributed by atoms with Crippen molar-refractivity contribution in [2.45, 2.75) is 6.42 Å². The molecular formula is C10H21N3O4S. The molecule has 0 aromatic carbocycles. The van der Waals surface area contributed by atoms with E-state index in [1.54, 1.807) is 4.90 Å². The Morgan fingerprint density at radius 3 is 2.56 bits per heavy atom. The van der Waals surface area contributed by atoms with Crippen molar-refractivity contribution in [2.75, 3.05) is 52.2 Å². The van der Waals surface area contributed by atoms with E-state index in [0.29, 0.717) is 52.4 Å². The molecule has 1 fully saturated rings. The highest BCUT2D eigenvalue weighted by atomic mass is 32.2. The van der Waals surface area contributed by atoms with Crippen LogP contribution >= 0.6 is 0 Å². The number of sulfonamides is 1. The van der Waals surface area contributed by atoms with E-state index >= 15 is 0 Å². The second-order valence-corrected chi connectivity index (χ2v) is 6.02. The molecule has 0 aromatic rings. The normalized spacial score (nSPS) is 16.8. The fourth-order valence-corrected chi connectivity index (χ4v) is 2.11. The number of nitrogens with zero attached hydrogens (tertiary/aromatic N) is 1. The molecule has 1 rings (SSSR count). The van der Waals surface area contributed by atoms with E-state index in [4.69, 9.17) is 4.74 Å². The first-order valence-corrected chi connectivity index (χ1v) is 7.89. The summed E-state index contributed by atoms with van der Waals surface area (Å²) in [6.45, 7) is 3.79. The molecule has 0 aromatic heterocycles. The molecular weight excluding hydrogens is 258 g/mol. The van der Waals surface area contributed by atoms with Gasteiger partial charge in [0.1, 0.15) is 0 Å². The summed E-state index contributed by atoms with van der Waals surface area (Å²) >= 11 is 0. The van der Waals surface area contributed by atoms with Crippen LogP contribution in [0.4, 0.5) is 0 Å². The number of hydrogen-bond donors (Lipinski definition) is 2. The van der Waals surface area contributed by atoms with E-state index in [2.05, 4.69) is 10.0 Å². The maximum absolute atomic E-state index is 11.7. The molecule has 1 aliphatic rings. The highest BCUT2D eigenvalue weighted by Gasteiger charge is 2.15. The molecule has 0 bridgehead atoms. The minimum Gasteiger partial charge on any atom is -0.378 e. The van der Waals surface area contributed by atoms with Gasteiger partial charge in [-0.15, -0.1) is 0 Å². The molecule has 0 spiro atoms. The minimum atomic E-state index is -3.11. The van der Waals surface area contributed by atoms with Gasteiger partial charge < -0.3 is 15.0 Å². The molecule has 1 saturated heterocycles. The Morgan fingerprint density at radius 1 is 1.28 bits per heavy atom. The summed E-state index contributed by atoms with van der Waals surface area (Å²) in [7, 11) is -3.11. The minimum absolute atomic E-state index is 0.0642. The second kappa shape index (κ2) is 7.67. The van der Waals surface area contributed by atoms with Crippen LogP contribution in [0.25, 0.3) is 0 Å². The van der Waals surface area contributed by atoms with Crippen molar-refractivity contribution >= 4 is 15.9 Å². The number of carbonyl (C=O) groups excluding carboxylic acids is 1. The molecule has 2 N–H and O–H groups in total. The molecule has 0 aliphatic carbocycles. The average molecular weight is 279 g/mol. The Balaban J connectivity index is 2.01. The Hall–Kier alpha value is -0.700. The number of ether oxygens (including phenoxy) is 1. The number of hydrogen-bond acceptors (Lipinski definition) is 5. The van der Waals surface area contributed by atoms with Crippen molar-refractivity contribution in [3.8, 4) is 0 Å². The Morgan fingerprint density at radius 2 is 1.94 bits per heavy atom. The van der Waals surface area contributed by atoms with Gasteiger partial charge in [0.2, 0.25) is 15.9 Å². The van der Waals surface area contributed by atoms with Gasteiger partial charge in [-0.1, -0.05) is 0 Å². The Kier molecular flexibility index (Phi) is 6.55. The number of nitrogens with one attached hydrogen (secondary N) is 2. The topological polar surface area (TPSA) is 87.7 Å². The lowest BCUT2D eigenvalue weighted by Crippen LogP contribution is -2.44. The lowest BCUT2D eigenvalue weighted by Gasteiger charge is -2.26. The zero-order valence-corrected chi connectivity index (χ0v) is 11.5. The van der Waals surface area contributed by atoms with Crippen LogP contribution in [0.3, 0.4) is 0 Å². The van der Waals surface area contributed by atoms with Crippen LogP contribution in [-0.2, 0) is 19.6 Å². The molecule has 106 valence electrons. The molecule has 18 heavy (non-hydrogen) atoms. The fourth-order valence-electron chi connectivity index (χ4n) is 1.59. The molecule has 0 radical (unpaired) electrons. The number of amides is 1. The van der Waals surface area contributed by atoms with Gasteiger partial charge in [0.15, 0.2) is 0 Å². The van der Waals surface area contributed by atoms with E-state index in [1.165, 1.54) is 0 Å². The predicted molar refractivity (Wildman–Crippen MR) is 67.7 cm³/mol. The van der Waals surface area contributed by atoms with Crippen molar-refractivity contribution in [3.05, 3.63) is 0 Å². The molecule has 0 unspecified atom stereocenters. The third-order valence-electron chi connectivity index (χ3n) is 2.53. The van der Waals surface area contributed by atoms with Crippen molar-refractivity contribution in [1.82, 2.24) is 14.9 Å². The van der Waals surface area contributed by atoms with Crippen LogP contribution in [0, 0.1) is 0 Å². The molecule has 1 aliphatic heterocycles. The summed E-state index contributed by atoms with van der Waals surface area (Å²) in [5.74, 6) is 0.0642. The number of rotatable bonds is 7. The average Bonchev–Trinajstić information content (AvgIpc) is 2.33. The number of morpholine rings is 1. The van der Waals surface area contributed by atoms with Crippen molar-refractivity contribution < 1.29 is 17.9 Å². The lowest BCUT2D eigenvalue weighted by atomic mass is 10.4. The van der Waals surface area contributed by atoms with E-state index in [-0.39, 0.29) is 5.91 Å². The zero-order chi connectivity index (χ0) is 13.4. The quantitative estimate of drug-likeness (QED) is 0.547. The van der Waals surface area contributed by atoms with Gasteiger partial charge in [-0.2, -0.15) is 0 Å². The fraction of sp³-hybridized carbons (Fsp3) is 0.900. The van der Waals surface area contributed by atoms with Gasteiger partial charge in [-0.3, -0.25) is 4.79 Å². The standard InChI is InChI=1S/C10H21N3O4S/c1-18(15,16)12-4-2-3-11-9-10(14)13-5-7-17-8-6-13/h11-12H,2-9H2,1H3. The van der Waals surface area contributed by atoms with Gasteiger partial charge in [-0.25, -0.2) is 13.1 Å². The maximum atomic E-state index is 11.7. The van der Waals surface area contributed by atoms with Gasteiger partial charge in [0.05, 0.1) is 26.0 Å². The Bertz CT molecular complexity index is 352. The predicted octanol–water partition coefficient (Wildman–Crippen LogP) is -1.63. The van der Waals surface area contributed by atoms with Crippen LogP contribution in [0.15, 0.2) is 0 Å². The third-order valence-corrected chi connectivity index (χ3v) is 3.26. The smallest absolute Gasteiger partial charge is 0.236 e. The van der Waals surface area contributed by atoms with Gasteiger partial charge in [0.25, 0.3) is 0 Å². The molecule has 1 amide bonds. The highest BCUT2D eigenvalue weighted by Crippen LogP contribution is 1.96. The summed E-state index contributed by atoms with van der Waals surface area (Å²) in [6.07, 6.45) is 1.78. The largest absolute Gasteiger partial charge is 0.378 e. The molecule has 8 heteroatoms. The summed E-state index contributed by atoms with van der Waals surface area (Å²) in [5, 5.41) is 3.00. The molecule has 1 heterocycles. The van der Waals surface area contributed by atoms with Crippen LogP contribution in [0.5, 0.6) is 0 Å². The van der Waals surface area contributed by atoms with Crippen molar-refractivity contribution in [1.29, 1.82) is 0 Å². The third kappa shape index (κ3) is 6.90. The van der Waals surface area contributed by atoms with Crippen molar-refractivity contribution in [2.24, 2.45) is 0 Å². The van der Waals surface area contributed by atoms with Crippen molar-refractivity contribution in [3.63, 3.8) is 0 Å². The zero-order valence-electron chi connectivity index (χ0n) is 10.6. The first kappa shape index (κ1) is 15.4. The first-order chi connectivity index (χ1) is 8.49. The second-order valence-electron chi connectivity index (χ2n) is 4.19. The van der Waals surface area contributed by atoms with Crippen LogP contribution in [0.2, 0.25) is 0 Å². The SMILES string of the molecule is CS(=O)(=O)NCCCNCC(=O)N1CCOCC1. The molecule has 0 saturated carbocycles. The van der Waals surface area contributed by atoms with E-state index < -0.39 is 10.0 Å². The number of carbonyl (C=O) groups is 1. The summed E-state index contributed by atoms with van der Waals surface area (Å²) in [4.78, 5) is 13.5. The van der Waals surface area contributed by atoms with Crippen LogP contribution in [-0.4, -0.2) is 71.4 Å². The molecule has 0 atom stereocenters. The summed E-state index contributed by atoms with van der Waals surface area (Å²) < 4.78 is 29.1. The monoisotopic (exact) mass is 279 g/mol. The molecule has 7 nitrogen and oxygen atoms in total. The van der Waals surface area contributed by atoms with E-state index in [0.717, 1.165) is 6.26 Å². The summed E-state index contributed by atoms with van der Waals surface area (Å²) in [5.41, 5.74) is 0. The van der Waals surface area contributed by atoms with Crippen LogP contribution < -0.4 is 10.0 Å². The van der Waals surface area contributed by atoms with Gasteiger partial charge in [-0.05, 0) is 13.0 Å².